The van der Waals surface area contributed by atoms with Crippen LogP contribution in [0.1, 0.15) is 30.6 Å². The van der Waals surface area contributed by atoms with Gasteiger partial charge in [-0.1, -0.05) is 12.1 Å². The van der Waals surface area contributed by atoms with Crippen molar-refractivity contribution in [1.82, 2.24) is 5.32 Å². The van der Waals surface area contributed by atoms with Gasteiger partial charge < -0.3 is 10.4 Å². The number of aryl methyl sites for hydroxylation is 1. The highest BCUT2D eigenvalue weighted by Crippen LogP contribution is 2.12. The van der Waals surface area contributed by atoms with Crippen molar-refractivity contribution in [2.75, 3.05) is 0 Å². The Hall–Kier alpha value is -1.62. The third kappa shape index (κ3) is 6.20. The average Bonchev–Trinajstić information content (AvgIpc) is 2.87. The number of rotatable bonds is 9. The first-order valence-corrected chi connectivity index (χ1v) is 7.17. The monoisotopic (exact) mass is 281 g/mol. The predicted molar refractivity (Wildman–Crippen MR) is 76.3 cm³/mol. The summed E-state index contributed by atoms with van der Waals surface area (Å²) in [5, 5.41) is 13.5. The van der Waals surface area contributed by atoms with Crippen molar-refractivity contribution in [2.45, 2.75) is 38.1 Å². The molecule has 1 unspecified atom stereocenters. The van der Waals surface area contributed by atoms with Gasteiger partial charge in [-0.2, -0.15) is 0 Å². The molecule has 4 nitrogen and oxygen atoms in total. The predicted octanol–water partition coefficient (Wildman–Crippen LogP) is 2.61. The number of carbonyl (C=O) groups excluding carboxylic acids is 1. The van der Waals surface area contributed by atoms with E-state index in [9.17, 15) is 9.59 Å². The van der Waals surface area contributed by atoms with Crippen LogP contribution in [0.3, 0.4) is 0 Å². The van der Waals surface area contributed by atoms with Crippen LogP contribution in [0.15, 0.2) is 30.2 Å². The number of hydrogen-bond acceptors (Lipinski definition) is 3. The molecule has 0 aliphatic heterocycles. The molecule has 1 aromatic rings. The Morgan fingerprint density at radius 1 is 1.53 bits per heavy atom. The largest absolute Gasteiger partial charge is 0.480 e. The highest BCUT2D eigenvalue weighted by molar-refractivity contribution is 7.09. The minimum Gasteiger partial charge on any atom is -0.480 e. The van der Waals surface area contributed by atoms with Gasteiger partial charge in [-0.25, -0.2) is 4.79 Å². The minimum absolute atomic E-state index is 0.201. The zero-order valence-corrected chi connectivity index (χ0v) is 11.6. The lowest BCUT2D eigenvalue weighted by Crippen LogP contribution is -2.40. The maximum Gasteiger partial charge on any atom is 0.326 e. The van der Waals surface area contributed by atoms with E-state index in [4.69, 9.17) is 5.11 Å². The lowest BCUT2D eigenvalue weighted by molar-refractivity contribution is -0.142. The van der Waals surface area contributed by atoms with Gasteiger partial charge in [-0.15, -0.1) is 17.9 Å². The number of allylic oxidation sites excluding steroid dienone is 1. The standard InChI is InChI=1S/C14H19NO3S/c1-2-3-8-12(14(17)18)15-13(16)9-4-6-11-7-5-10-19-11/h2,5,7,10,12H,1,3-4,6,8-9H2,(H,15,16)(H,17,18). The summed E-state index contributed by atoms with van der Waals surface area (Å²) >= 11 is 1.67. The lowest BCUT2D eigenvalue weighted by Gasteiger charge is -2.13. The molecule has 2 N–H and O–H groups in total. The number of hydrogen-bond donors (Lipinski definition) is 2. The Morgan fingerprint density at radius 2 is 2.32 bits per heavy atom. The molecule has 0 saturated carbocycles. The van der Waals surface area contributed by atoms with E-state index in [1.165, 1.54) is 4.88 Å². The maximum absolute atomic E-state index is 11.7. The van der Waals surface area contributed by atoms with E-state index in [0.29, 0.717) is 19.3 Å². The first kappa shape index (κ1) is 15.4. The average molecular weight is 281 g/mol. The van der Waals surface area contributed by atoms with Crippen molar-refractivity contribution in [3.05, 3.63) is 35.0 Å². The van der Waals surface area contributed by atoms with Crippen molar-refractivity contribution in [3.8, 4) is 0 Å². The van der Waals surface area contributed by atoms with Gasteiger partial charge in [0.1, 0.15) is 6.04 Å². The summed E-state index contributed by atoms with van der Waals surface area (Å²) in [5.74, 6) is -1.19. The van der Waals surface area contributed by atoms with Gasteiger partial charge in [0.25, 0.3) is 0 Å². The van der Waals surface area contributed by atoms with Gasteiger partial charge in [0.15, 0.2) is 0 Å². The second kappa shape index (κ2) is 8.48. The summed E-state index contributed by atoms with van der Waals surface area (Å²) in [7, 11) is 0. The van der Waals surface area contributed by atoms with Gasteiger partial charge in [-0.3, -0.25) is 4.79 Å². The van der Waals surface area contributed by atoms with Crippen LogP contribution < -0.4 is 5.32 Å². The summed E-state index contributed by atoms with van der Waals surface area (Å²) < 4.78 is 0. The van der Waals surface area contributed by atoms with E-state index in [1.807, 2.05) is 17.5 Å². The fourth-order valence-corrected chi connectivity index (χ4v) is 2.44. The second-order valence-corrected chi connectivity index (χ2v) is 5.29. The maximum atomic E-state index is 11.7. The van der Waals surface area contributed by atoms with Crippen molar-refractivity contribution in [3.63, 3.8) is 0 Å². The number of carboxylic acid groups (broad SMARTS) is 1. The highest BCUT2D eigenvalue weighted by Gasteiger charge is 2.18. The van der Waals surface area contributed by atoms with E-state index < -0.39 is 12.0 Å². The van der Waals surface area contributed by atoms with Gasteiger partial charge in [0, 0.05) is 11.3 Å². The second-order valence-electron chi connectivity index (χ2n) is 4.26. The molecule has 5 heteroatoms. The van der Waals surface area contributed by atoms with Crippen molar-refractivity contribution < 1.29 is 14.7 Å². The van der Waals surface area contributed by atoms with Gasteiger partial charge in [0.05, 0.1) is 0 Å². The molecule has 1 heterocycles. The topological polar surface area (TPSA) is 66.4 Å². The van der Waals surface area contributed by atoms with Crippen molar-refractivity contribution in [2.24, 2.45) is 0 Å². The number of nitrogens with one attached hydrogen (secondary N) is 1. The van der Waals surface area contributed by atoms with E-state index in [2.05, 4.69) is 11.9 Å². The fraction of sp³-hybridized carbons (Fsp3) is 0.429. The first-order valence-electron chi connectivity index (χ1n) is 6.29. The summed E-state index contributed by atoms with van der Waals surface area (Å²) in [6, 6.07) is 3.20. The fourth-order valence-electron chi connectivity index (χ4n) is 1.69. The SMILES string of the molecule is C=CCCC(NC(=O)CCCc1cccs1)C(=O)O. The molecule has 0 bridgehead atoms. The quantitative estimate of drug-likeness (QED) is 0.684. The van der Waals surface area contributed by atoms with Crippen molar-refractivity contribution in [1.29, 1.82) is 0 Å². The minimum atomic E-state index is -0.992. The summed E-state index contributed by atoms with van der Waals surface area (Å²) in [4.78, 5) is 23.9. The molecule has 0 aliphatic rings. The molecule has 0 aliphatic carbocycles. The van der Waals surface area contributed by atoms with Crippen LogP contribution in [0.2, 0.25) is 0 Å². The first-order chi connectivity index (χ1) is 9.13. The smallest absolute Gasteiger partial charge is 0.326 e. The van der Waals surface area contributed by atoms with Crippen LogP contribution in [0.25, 0.3) is 0 Å². The summed E-state index contributed by atoms with van der Waals surface area (Å²) in [5.41, 5.74) is 0. The van der Waals surface area contributed by atoms with Gasteiger partial charge >= 0.3 is 5.97 Å². The molecule has 0 aromatic carbocycles. The molecule has 0 spiro atoms. The van der Waals surface area contributed by atoms with E-state index in [-0.39, 0.29) is 5.91 Å². The van der Waals surface area contributed by atoms with Crippen LogP contribution in [0.4, 0.5) is 0 Å². The summed E-state index contributed by atoms with van der Waals surface area (Å²) in [6.07, 6.45) is 4.56. The molecule has 0 radical (unpaired) electrons. The normalized spacial score (nSPS) is 11.8. The molecule has 1 atom stereocenters. The van der Waals surface area contributed by atoms with E-state index in [0.717, 1.165) is 12.8 Å². The van der Waals surface area contributed by atoms with Gasteiger partial charge in [-0.05, 0) is 37.1 Å². The third-order valence-corrected chi connectivity index (χ3v) is 3.64. The molecule has 1 aromatic heterocycles. The highest BCUT2D eigenvalue weighted by atomic mass is 32.1. The Balaban J connectivity index is 2.27. The number of carboxylic acids is 1. The zero-order chi connectivity index (χ0) is 14.1. The number of carbonyl (C=O) groups is 2. The molecule has 19 heavy (non-hydrogen) atoms. The van der Waals surface area contributed by atoms with E-state index in [1.54, 1.807) is 17.4 Å². The summed E-state index contributed by atoms with van der Waals surface area (Å²) in [6.45, 7) is 3.54. The number of amides is 1. The Bertz CT molecular complexity index is 414. The van der Waals surface area contributed by atoms with Crippen LogP contribution in [-0.4, -0.2) is 23.0 Å². The Morgan fingerprint density at radius 3 is 2.89 bits per heavy atom. The zero-order valence-electron chi connectivity index (χ0n) is 10.8. The lowest BCUT2D eigenvalue weighted by atomic mass is 10.1. The molecular weight excluding hydrogens is 262 g/mol. The molecule has 0 saturated heterocycles. The molecule has 0 fully saturated rings. The molecule has 1 rings (SSSR count). The molecule has 1 amide bonds. The number of aliphatic carboxylic acids is 1. The van der Waals surface area contributed by atoms with Crippen LogP contribution in [0.5, 0.6) is 0 Å². The van der Waals surface area contributed by atoms with Crippen molar-refractivity contribution >= 4 is 23.2 Å². The van der Waals surface area contributed by atoms with Crippen LogP contribution >= 0.6 is 11.3 Å². The van der Waals surface area contributed by atoms with Crippen LogP contribution in [-0.2, 0) is 16.0 Å². The molecule has 104 valence electrons. The Kier molecular flexibility index (Phi) is 6.89. The molecular formula is C14H19NO3S. The van der Waals surface area contributed by atoms with Gasteiger partial charge in [0.2, 0.25) is 5.91 Å². The van der Waals surface area contributed by atoms with Crippen LogP contribution in [0, 0.1) is 0 Å². The third-order valence-electron chi connectivity index (χ3n) is 2.70. The Labute approximate surface area is 117 Å². The number of thiophene rings is 1. The van der Waals surface area contributed by atoms with E-state index >= 15 is 0 Å².